The van der Waals surface area contributed by atoms with Gasteiger partial charge in [0, 0.05) is 34.9 Å². The van der Waals surface area contributed by atoms with Crippen LogP contribution in [0.2, 0.25) is 0 Å². The molecule has 0 radical (unpaired) electrons. The Kier molecular flexibility index (Phi) is 4.03. The molecule has 0 aromatic carbocycles. The van der Waals surface area contributed by atoms with Gasteiger partial charge in [-0.1, -0.05) is 26.5 Å². The van der Waals surface area contributed by atoms with Crippen molar-refractivity contribution in [1.82, 2.24) is 9.97 Å². The molecule has 0 saturated heterocycles. The highest BCUT2D eigenvalue weighted by atomic mass is 16.1. The normalized spacial score (nSPS) is 10.6. The van der Waals surface area contributed by atoms with Crippen molar-refractivity contribution in [2.24, 2.45) is 0 Å². The van der Waals surface area contributed by atoms with Crippen molar-refractivity contribution >= 4 is 17.5 Å². The Morgan fingerprint density at radius 3 is 2.80 bits per heavy atom. The van der Waals surface area contributed by atoms with E-state index in [1.807, 2.05) is 26.0 Å². The van der Waals surface area contributed by atoms with Crippen LogP contribution >= 0.6 is 0 Å². The number of pyridine rings is 2. The monoisotopic (exact) mass is 269 g/mol. The number of hydrogen-bond donors (Lipinski definition) is 2. The van der Waals surface area contributed by atoms with Gasteiger partial charge in [0.25, 0.3) is 5.56 Å². The molecular weight excluding hydrogens is 250 g/mol. The van der Waals surface area contributed by atoms with Crippen LogP contribution in [0.15, 0.2) is 35.9 Å². The fourth-order valence-electron chi connectivity index (χ4n) is 2.04. The van der Waals surface area contributed by atoms with Crippen LogP contribution in [0.3, 0.4) is 0 Å². The van der Waals surface area contributed by atoms with E-state index >= 15 is 0 Å². The van der Waals surface area contributed by atoms with Crippen LogP contribution in [0.1, 0.15) is 36.6 Å². The standard InChI is InChI=1S/C16H19N3O/c1-5-12-9-17-7-6-13(12)18-14-8-11(4)16(20)19-15(14)10(2)3/h5-10H,1H2,2-4H3,(H,17,18)(H,19,20). The Balaban J connectivity index is 2.50. The highest BCUT2D eigenvalue weighted by molar-refractivity contribution is 5.71. The molecular formula is C16H19N3O. The van der Waals surface area contributed by atoms with Crippen molar-refractivity contribution in [2.75, 3.05) is 5.32 Å². The maximum Gasteiger partial charge on any atom is 0.251 e. The first kappa shape index (κ1) is 14.1. The Labute approximate surface area is 118 Å². The molecule has 0 aliphatic rings. The number of nitrogens with one attached hydrogen (secondary N) is 2. The molecule has 2 rings (SSSR count). The Bertz CT molecular complexity index is 686. The molecule has 0 atom stereocenters. The molecule has 0 aliphatic heterocycles. The fraction of sp³-hybridized carbons (Fsp3) is 0.250. The van der Waals surface area contributed by atoms with E-state index in [-0.39, 0.29) is 11.5 Å². The van der Waals surface area contributed by atoms with Crippen LogP contribution in [0.4, 0.5) is 11.4 Å². The minimum Gasteiger partial charge on any atom is -0.354 e. The molecule has 0 aliphatic carbocycles. The lowest BCUT2D eigenvalue weighted by Crippen LogP contribution is -2.15. The lowest BCUT2D eigenvalue weighted by atomic mass is 10.1. The molecule has 4 nitrogen and oxygen atoms in total. The van der Waals surface area contributed by atoms with Crippen molar-refractivity contribution < 1.29 is 0 Å². The average Bonchev–Trinajstić information content (AvgIpc) is 2.43. The summed E-state index contributed by atoms with van der Waals surface area (Å²) >= 11 is 0. The molecule has 0 fully saturated rings. The number of aryl methyl sites for hydroxylation is 1. The van der Waals surface area contributed by atoms with Gasteiger partial charge in [0.05, 0.1) is 5.69 Å². The number of aromatic amines is 1. The number of anilines is 2. The summed E-state index contributed by atoms with van der Waals surface area (Å²) in [6, 6.07) is 3.77. The molecule has 0 unspecified atom stereocenters. The van der Waals surface area contributed by atoms with Crippen LogP contribution in [0.25, 0.3) is 6.08 Å². The maximum absolute atomic E-state index is 11.8. The third-order valence-electron chi connectivity index (χ3n) is 3.18. The Morgan fingerprint density at radius 2 is 2.15 bits per heavy atom. The van der Waals surface area contributed by atoms with E-state index in [2.05, 4.69) is 21.9 Å². The van der Waals surface area contributed by atoms with Gasteiger partial charge < -0.3 is 10.3 Å². The summed E-state index contributed by atoms with van der Waals surface area (Å²) in [6.45, 7) is 9.68. The topological polar surface area (TPSA) is 57.8 Å². The van der Waals surface area contributed by atoms with Gasteiger partial charge in [0.2, 0.25) is 0 Å². The van der Waals surface area contributed by atoms with Gasteiger partial charge in [0.1, 0.15) is 0 Å². The van der Waals surface area contributed by atoms with E-state index in [9.17, 15) is 4.79 Å². The highest BCUT2D eigenvalue weighted by Gasteiger charge is 2.11. The zero-order chi connectivity index (χ0) is 14.7. The number of aromatic nitrogens is 2. The number of rotatable bonds is 4. The molecule has 4 heteroatoms. The van der Waals surface area contributed by atoms with E-state index in [1.54, 1.807) is 25.4 Å². The second-order valence-corrected chi connectivity index (χ2v) is 5.06. The second-order valence-electron chi connectivity index (χ2n) is 5.06. The van der Waals surface area contributed by atoms with Gasteiger partial charge in [0.15, 0.2) is 0 Å². The van der Waals surface area contributed by atoms with E-state index in [0.29, 0.717) is 5.56 Å². The summed E-state index contributed by atoms with van der Waals surface area (Å²) in [5.41, 5.74) is 4.29. The Hall–Kier alpha value is -2.36. The predicted octanol–water partition coefficient (Wildman–Crippen LogP) is 3.59. The molecule has 0 amide bonds. The first-order chi connectivity index (χ1) is 9.52. The molecule has 0 spiro atoms. The summed E-state index contributed by atoms with van der Waals surface area (Å²) in [5.74, 6) is 0.222. The smallest absolute Gasteiger partial charge is 0.251 e. The summed E-state index contributed by atoms with van der Waals surface area (Å²) in [4.78, 5) is 18.8. The lowest BCUT2D eigenvalue weighted by molar-refractivity contribution is 0.816. The average molecular weight is 269 g/mol. The Morgan fingerprint density at radius 1 is 1.40 bits per heavy atom. The SMILES string of the molecule is C=Cc1cnccc1Nc1cc(C)c(=O)[nH]c1C(C)C. The predicted molar refractivity (Wildman–Crippen MR) is 83.5 cm³/mol. The molecule has 20 heavy (non-hydrogen) atoms. The van der Waals surface area contributed by atoms with Gasteiger partial charge in [-0.05, 0) is 25.0 Å². The van der Waals surface area contributed by atoms with E-state index in [1.165, 1.54) is 0 Å². The van der Waals surface area contributed by atoms with Crippen LogP contribution in [0.5, 0.6) is 0 Å². The minimum absolute atomic E-state index is 0.0436. The van der Waals surface area contributed by atoms with Gasteiger partial charge >= 0.3 is 0 Å². The van der Waals surface area contributed by atoms with Crippen molar-refractivity contribution in [3.63, 3.8) is 0 Å². The lowest BCUT2D eigenvalue weighted by Gasteiger charge is -2.16. The minimum atomic E-state index is -0.0436. The molecule has 0 saturated carbocycles. The van der Waals surface area contributed by atoms with E-state index in [0.717, 1.165) is 22.6 Å². The molecule has 2 aromatic rings. The van der Waals surface area contributed by atoms with Gasteiger partial charge in [-0.25, -0.2) is 0 Å². The van der Waals surface area contributed by atoms with Crippen LogP contribution in [0, 0.1) is 6.92 Å². The summed E-state index contributed by atoms with van der Waals surface area (Å²) in [5, 5.41) is 3.36. The number of nitrogens with zero attached hydrogens (tertiary/aromatic N) is 1. The van der Waals surface area contributed by atoms with Crippen molar-refractivity contribution in [3.05, 3.63) is 58.3 Å². The summed E-state index contributed by atoms with van der Waals surface area (Å²) < 4.78 is 0. The number of hydrogen-bond acceptors (Lipinski definition) is 3. The van der Waals surface area contributed by atoms with Gasteiger partial charge in [-0.3, -0.25) is 9.78 Å². The number of H-pyrrole nitrogens is 1. The van der Waals surface area contributed by atoms with Crippen molar-refractivity contribution in [1.29, 1.82) is 0 Å². The first-order valence-corrected chi connectivity index (χ1v) is 6.60. The third kappa shape index (κ3) is 2.79. The third-order valence-corrected chi connectivity index (χ3v) is 3.18. The van der Waals surface area contributed by atoms with E-state index in [4.69, 9.17) is 0 Å². The zero-order valence-electron chi connectivity index (χ0n) is 12.0. The van der Waals surface area contributed by atoms with Crippen LogP contribution < -0.4 is 10.9 Å². The largest absolute Gasteiger partial charge is 0.354 e. The van der Waals surface area contributed by atoms with Crippen molar-refractivity contribution in [2.45, 2.75) is 26.7 Å². The highest BCUT2D eigenvalue weighted by Crippen LogP contribution is 2.26. The summed E-state index contributed by atoms with van der Waals surface area (Å²) in [6.07, 6.45) is 5.23. The van der Waals surface area contributed by atoms with E-state index < -0.39 is 0 Å². The molecule has 2 heterocycles. The summed E-state index contributed by atoms with van der Waals surface area (Å²) in [7, 11) is 0. The van der Waals surface area contributed by atoms with Crippen LogP contribution in [-0.2, 0) is 0 Å². The maximum atomic E-state index is 11.8. The molecule has 2 N–H and O–H groups in total. The zero-order valence-corrected chi connectivity index (χ0v) is 12.0. The van der Waals surface area contributed by atoms with Gasteiger partial charge in [-0.15, -0.1) is 0 Å². The van der Waals surface area contributed by atoms with Crippen LogP contribution in [-0.4, -0.2) is 9.97 Å². The molecule has 104 valence electrons. The molecule has 0 bridgehead atoms. The quantitative estimate of drug-likeness (QED) is 0.891. The fourth-order valence-corrected chi connectivity index (χ4v) is 2.04. The first-order valence-electron chi connectivity index (χ1n) is 6.60. The second kappa shape index (κ2) is 5.74. The van der Waals surface area contributed by atoms with Crippen molar-refractivity contribution in [3.8, 4) is 0 Å². The van der Waals surface area contributed by atoms with Gasteiger partial charge in [-0.2, -0.15) is 0 Å². The molecule has 2 aromatic heterocycles.